The van der Waals surface area contributed by atoms with E-state index < -0.39 is 10.0 Å². The largest absolute Gasteiger partial charge is 0.495 e. The summed E-state index contributed by atoms with van der Waals surface area (Å²) in [5.41, 5.74) is 3.16. The van der Waals surface area contributed by atoms with E-state index in [-0.39, 0.29) is 21.6 Å². The Morgan fingerprint density at radius 1 is 1.06 bits per heavy atom. The predicted octanol–water partition coefficient (Wildman–Crippen LogP) is 4.06. The van der Waals surface area contributed by atoms with Gasteiger partial charge < -0.3 is 14.6 Å². The number of rotatable bonds is 6. The average molecular weight is 485 g/mol. The van der Waals surface area contributed by atoms with E-state index in [2.05, 4.69) is 15.0 Å². The number of halogens is 1. The molecule has 0 aliphatic heterocycles. The Balaban J connectivity index is 1.68. The van der Waals surface area contributed by atoms with Gasteiger partial charge in [-0.05, 0) is 48.5 Å². The molecule has 0 spiro atoms. The summed E-state index contributed by atoms with van der Waals surface area (Å²) in [5.74, 6) is 0.707. The van der Waals surface area contributed by atoms with Gasteiger partial charge in [0, 0.05) is 30.2 Å². The maximum Gasteiger partial charge on any atom is 0.265 e. The van der Waals surface area contributed by atoms with Crippen molar-refractivity contribution in [1.29, 1.82) is 0 Å². The molecule has 0 bridgehead atoms. The summed E-state index contributed by atoms with van der Waals surface area (Å²) >= 11 is 5.99. The molecule has 10 heteroatoms. The zero-order chi connectivity index (χ0) is 23.8. The van der Waals surface area contributed by atoms with Crippen LogP contribution in [-0.4, -0.2) is 38.0 Å². The number of hydrogen-bond acceptors (Lipinski definition) is 5. The van der Waals surface area contributed by atoms with Crippen molar-refractivity contribution < 1.29 is 17.9 Å². The third-order valence-electron chi connectivity index (χ3n) is 5.18. The van der Waals surface area contributed by atoms with Gasteiger partial charge in [0.2, 0.25) is 0 Å². The highest BCUT2D eigenvalue weighted by atomic mass is 35.5. The van der Waals surface area contributed by atoms with Crippen molar-refractivity contribution >= 4 is 44.3 Å². The molecule has 0 atom stereocenters. The summed E-state index contributed by atoms with van der Waals surface area (Å²) in [5, 5.41) is 2.87. The second kappa shape index (κ2) is 8.76. The summed E-state index contributed by atoms with van der Waals surface area (Å²) < 4.78 is 35.6. The normalized spacial score (nSPS) is 11.4. The number of aromatic nitrogens is 2. The van der Waals surface area contributed by atoms with Crippen LogP contribution in [0.4, 0.5) is 5.69 Å². The maximum absolute atomic E-state index is 13.0. The molecule has 0 saturated heterocycles. The second-order valence-corrected chi connectivity index (χ2v) is 9.34. The van der Waals surface area contributed by atoms with Gasteiger partial charge in [-0.2, -0.15) is 0 Å². The van der Waals surface area contributed by atoms with E-state index in [1.165, 1.54) is 19.2 Å². The Kier molecular flexibility index (Phi) is 6.01. The molecule has 4 rings (SSSR count). The standard InChI is InChI=1S/C23H21ClN4O4S/c1-25-23(29)15-6-4-14(5-7-15)22-26-18-13-17(9-10-19(18)28(22)2)27-33(30,31)21-12-16(24)8-11-20(21)32-3/h4-13,27H,1-3H3,(H,25,29). The van der Waals surface area contributed by atoms with Gasteiger partial charge in [-0.1, -0.05) is 23.7 Å². The molecule has 0 unspecified atom stereocenters. The molecule has 0 aliphatic rings. The van der Waals surface area contributed by atoms with Gasteiger partial charge in [0.05, 0.1) is 23.8 Å². The van der Waals surface area contributed by atoms with Crippen LogP contribution in [0.1, 0.15) is 10.4 Å². The van der Waals surface area contributed by atoms with Crippen molar-refractivity contribution in [2.45, 2.75) is 4.90 Å². The zero-order valence-electron chi connectivity index (χ0n) is 18.1. The van der Waals surface area contributed by atoms with E-state index in [0.29, 0.717) is 22.6 Å². The van der Waals surface area contributed by atoms with Gasteiger partial charge in [0.1, 0.15) is 16.5 Å². The Morgan fingerprint density at radius 2 is 1.79 bits per heavy atom. The monoisotopic (exact) mass is 484 g/mol. The molecular formula is C23H21ClN4O4S. The number of aryl methyl sites for hydroxylation is 1. The number of anilines is 1. The SMILES string of the molecule is CNC(=O)c1ccc(-c2nc3cc(NS(=O)(=O)c4cc(Cl)ccc4OC)ccc3n2C)cc1. The molecule has 33 heavy (non-hydrogen) atoms. The summed E-state index contributed by atoms with van der Waals surface area (Å²) in [6.07, 6.45) is 0. The number of fused-ring (bicyclic) bond motifs is 1. The third kappa shape index (κ3) is 4.37. The highest BCUT2D eigenvalue weighted by Gasteiger charge is 2.21. The lowest BCUT2D eigenvalue weighted by Crippen LogP contribution is -2.17. The molecular weight excluding hydrogens is 464 g/mol. The molecule has 4 aromatic rings. The van der Waals surface area contributed by atoms with E-state index in [4.69, 9.17) is 16.3 Å². The van der Waals surface area contributed by atoms with Crippen LogP contribution in [0.3, 0.4) is 0 Å². The van der Waals surface area contributed by atoms with Gasteiger partial charge >= 0.3 is 0 Å². The minimum Gasteiger partial charge on any atom is -0.495 e. The first kappa shape index (κ1) is 22.6. The van der Waals surface area contributed by atoms with E-state index >= 15 is 0 Å². The highest BCUT2D eigenvalue weighted by Crippen LogP contribution is 2.30. The Bertz CT molecular complexity index is 1460. The average Bonchev–Trinajstić information content (AvgIpc) is 3.14. The van der Waals surface area contributed by atoms with Crippen LogP contribution in [0, 0.1) is 0 Å². The lowest BCUT2D eigenvalue weighted by molar-refractivity contribution is 0.0963. The number of hydrogen-bond donors (Lipinski definition) is 2. The third-order valence-corrected chi connectivity index (χ3v) is 6.82. The maximum atomic E-state index is 13.0. The second-order valence-electron chi connectivity index (χ2n) is 7.26. The summed E-state index contributed by atoms with van der Waals surface area (Å²) in [6.45, 7) is 0. The molecule has 170 valence electrons. The van der Waals surface area contributed by atoms with Crippen molar-refractivity contribution in [3.63, 3.8) is 0 Å². The molecule has 1 heterocycles. The molecule has 0 aliphatic carbocycles. The number of amides is 1. The predicted molar refractivity (Wildman–Crippen MR) is 128 cm³/mol. The zero-order valence-corrected chi connectivity index (χ0v) is 19.7. The van der Waals surface area contributed by atoms with Crippen LogP contribution in [0.5, 0.6) is 5.75 Å². The number of nitrogens with zero attached hydrogens (tertiary/aromatic N) is 2. The molecule has 0 saturated carbocycles. The van der Waals surface area contributed by atoms with Crippen molar-refractivity contribution in [3.05, 3.63) is 71.2 Å². The minimum absolute atomic E-state index is 0.0597. The Morgan fingerprint density at radius 3 is 2.45 bits per heavy atom. The first-order chi connectivity index (χ1) is 15.7. The number of nitrogens with one attached hydrogen (secondary N) is 2. The van der Waals surface area contributed by atoms with Crippen LogP contribution in [-0.2, 0) is 17.1 Å². The van der Waals surface area contributed by atoms with Crippen molar-refractivity contribution in [3.8, 4) is 17.1 Å². The molecule has 0 radical (unpaired) electrons. The van der Waals surface area contributed by atoms with Gasteiger partial charge in [-0.3, -0.25) is 9.52 Å². The molecule has 1 amide bonds. The van der Waals surface area contributed by atoms with Crippen LogP contribution in [0.25, 0.3) is 22.4 Å². The fourth-order valence-electron chi connectivity index (χ4n) is 3.51. The van der Waals surface area contributed by atoms with Crippen molar-refractivity contribution in [2.75, 3.05) is 18.9 Å². The summed E-state index contributed by atoms with van der Waals surface area (Å²) in [7, 11) is 0.896. The van der Waals surface area contributed by atoms with Crippen LogP contribution in [0.15, 0.2) is 65.6 Å². The van der Waals surface area contributed by atoms with Crippen molar-refractivity contribution in [2.24, 2.45) is 7.05 Å². The van der Waals surface area contributed by atoms with Crippen molar-refractivity contribution in [1.82, 2.24) is 14.9 Å². The van der Waals surface area contributed by atoms with Gasteiger partial charge in [0.15, 0.2) is 0 Å². The van der Waals surface area contributed by atoms with Gasteiger partial charge in [-0.25, -0.2) is 13.4 Å². The molecule has 8 nitrogen and oxygen atoms in total. The first-order valence-corrected chi connectivity index (χ1v) is 11.7. The van der Waals surface area contributed by atoms with E-state index in [1.54, 1.807) is 43.4 Å². The first-order valence-electron chi connectivity index (χ1n) is 9.89. The fraction of sp³-hybridized carbons (Fsp3) is 0.130. The van der Waals surface area contributed by atoms with Crippen LogP contribution >= 0.6 is 11.6 Å². The summed E-state index contributed by atoms with van der Waals surface area (Å²) in [6, 6.07) is 16.6. The molecule has 1 aromatic heterocycles. The lowest BCUT2D eigenvalue weighted by atomic mass is 10.1. The lowest BCUT2D eigenvalue weighted by Gasteiger charge is -2.12. The highest BCUT2D eigenvalue weighted by molar-refractivity contribution is 7.92. The number of benzene rings is 3. The van der Waals surface area contributed by atoms with E-state index in [9.17, 15) is 13.2 Å². The quantitative estimate of drug-likeness (QED) is 0.429. The number of ether oxygens (including phenoxy) is 1. The number of carbonyl (C=O) groups is 1. The Labute approximate surface area is 196 Å². The van der Waals surface area contributed by atoms with Gasteiger partial charge in [-0.15, -0.1) is 0 Å². The number of imidazole rings is 1. The van der Waals surface area contributed by atoms with Crippen LogP contribution < -0.4 is 14.8 Å². The molecule has 3 aromatic carbocycles. The number of carbonyl (C=O) groups excluding carboxylic acids is 1. The van der Waals surface area contributed by atoms with Gasteiger partial charge in [0.25, 0.3) is 15.9 Å². The van der Waals surface area contributed by atoms with E-state index in [0.717, 1.165) is 11.1 Å². The number of sulfonamides is 1. The molecule has 2 N–H and O–H groups in total. The smallest absolute Gasteiger partial charge is 0.265 e. The number of methoxy groups -OCH3 is 1. The van der Waals surface area contributed by atoms with Crippen LogP contribution in [0.2, 0.25) is 5.02 Å². The topological polar surface area (TPSA) is 102 Å². The Hall–Kier alpha value is -3.56. The fourth-order valence-corrected chi connectivity index (χ4v) is 4.99. The minimum atomic E-state index is -3.95. The summed E-state index contributed by atoms with van der Waals surface area (Å²) in [4.78, 5) is 16.4. The van der Waals surface area contributed by atoms with E-state index in [1.807, 2.05) is 23.7 Å². The molecule has 0 fully saturated rings.